The molecule has 0 unspecified atom stereocenters. The number of nitrogens with one attached hydrogen (secondary N) is 3. The summed E-state index contributed by atoms with van der Waals surface area (Å²) in [6.07, 6.45) is 3.11. The van der Waals surface area contributed by atoms with Crippen molar-refractivity contribution in [3.8, 4) is 0 Å². The summed E-state index contributed by atoms with van der Waals surface area (Å²) in [7, 11) is 0. The van der Waals surface area contributed by atoms with Crippen LogP contribution in [0.4, 0.5) is 5.69 Å². The average Bonchev–Trinajstić information content (AvgIpc) is 3.40. The molecule has 8 nitrogen and oxygen atoms in total. The molecule has 0 spiro atoms. The molecule has 3 N–H and O–H groups in total. The van der Waals surface area contributed by atoms with Crippen molar-refractivity contribution in [2.24, 2.45) is 4.99 Å². The first-order chi connectivity index (χ1) is 14.2. The van der Waals surface area contributed by atoms with E-state index >= 15 is 0 Å². The van der Waals surface area contributed by atoms with E-state index in [9.17, 15) is 9.59 Å². The van der Waals surface area contributed by atoms with Gasteiger partial charge in [-0.1, -0.05) is 12.1 Å². The molecule has 1 aromatic carbocycles. The second kappa shape index (κ2) is 12.2. The SMILES string of the molecule is CCNC(=NCc1ccc(N2CCCC2=O)cc1)NCC(=O)NCc1ccco1.I. The number of aliphatic imine (C=N–C) groups is 1. The van der Waals surface area contributed by atoms with E-state index < -0.39 is 0 Å². The highest BCUT2D eigenvalue weighted by molar-refractivity contribution is 14.0. The molecular weight excluding hydrogens is 497 g/mol. The molecule has 0 bridgehead atoms. The molecule has 2 amide bonds. The normalized spacial score (nSPS) is 13.7. The van der Waals surface area contributed by atoms with Gasteiger partial charge in [-0.15, -0.1) is 24.0 Å². The molecule has 0 aliphatic carbocycles. The van der Waals surface area contributed by atoms with Crippen LogP contribution in [0, 0.1) is 0 Å². The number of furan rings is 1. The Hall–Kier alpha value is -2.56. The first-order valence-electron chi connectivity index (χ1n) is 9.86. The van der Waals surface area contributed by atoms with Crippen molar-refractivity contribution in [3.05, 3.63) is 54.0 Å². The number of amides is 2. The van der Waals surface area contributed by atoms with Crippen LogP contribution in [-0.2, 0) is 22.7 Å². The smallest absolute Gasteiger partial charge is 0.239 e. The maximum atomic E-state index is 12.0. The Morgan fingerprint density at radius 2 is 1.97 bits per heavy atom. The zero-order valence-electron chi connectivity index (χ0n) is 17.0. The number of halogens is 1. The summed E-state index contributed by atoms with van der Waals surface area (Å²) in [5.41, 5.74) is 1.96. The van der Waals surface area contributed by atoms with E-state index in [4.69, 9.17) is 4.42 Å². The number of rotatable bonds is 8. The van der Waals surface area contributed by atoms with Crippen molar-refractivity contribution in [3.63, 3.8) is 0 Å². The fourth-order valence-electron chi connectivity index (χ4n) is 3.04. The van der Waals surface area contributed by atoms with Gasteiger partial charge in [0.1, 0.15) is 5.76 Å². The van der Waals surface area contributed by atoms with E-state index in [1.165, 1.54) is 0 Å². The van der Waals surface area contributed by atoms with Crippen molar-refractivity contribution >= 4 is 47.4 Å². The molecule has 1 aromatic heterocycles. The Morgan fingerprint density at radius 3 is 2.60 bits per heavy atom. The summed E-state index contributed by atoms with van der Waals surface area (Å²) in [5.74, 6) is 1.31. The predicted molar refractivity (Wildman–Crippen MR) is 127 cm³/mol. The molecule has 0 saturated carbocycles. The van der Waals surface area contributed by atoms with E-state index in [0.717, 1.165) is 24.2 Å². The maximum absolute atomic E-state index is 12.0. The summed E-state index contributed by atoms with van der Waals surface area (Å²) >= 11 is 0. The van der Waals surface area contributed by atoms with Crippen LogP contribution in [0.15, 0.2) is 52.1 Å². The third-order valence-corrected chi connectivity index (χ3v) is 4.54. The molecule has 3 rings (SSSR count). The Labute approximate surface area is 193 Å². The number of guanidine groups is 1. The maximum Gasteiger partial charge on any atom is 0.239 e. The van der Waals surface area contributed by atoms with E-state index in [2.05, 4.69) is 20.9 Å². The van der Waals surface area contributed by atoms with Gasteiger partial charge in [0.2, 0.25) is 11.8 Å². The van der Waals surface area contributed by atoms with Gasteiger partial charge in [-0.25, -0.2) is 4.99 Å². The lowest BCUT2D eigenvalue weighted by molar-refractivity contribution is -0.120. The summed E-state index contributed by atoms with van der Waals surface area (Å²) in [6.45, 7) is 4.38. The van der Waals surface area contributed by atoms with Gasteiger partial charge in [0.05, 0.1) is 25.9 Å². The van der Waals surface area contributed by atoms with Crippen molar-refractivity contribution in [1.82, 2.24) is 16.0 Å². The minimum absolute atomic E-state index is 0. The zero-order chi connectivity index (χ0) is 20.5. The Bertz CT molecular complexity index is 837. The van der Waals surface area contributed by atoms with Crippen molar-refractivity contribution in [2.75, 3.05) is 24.5 Å². The third kappa shape index (κ3) is 7.05. The first kappa shape index (κ1) is 23.7. The summed E-state index contributed by atoms with van der Waals surface area (Å²) in [4.78, 5) is 30.2. The van der Waals surface area contributed by atoms with Gasteiger partial charge in [0, 0.05) is 25.2 Å². The van der Waals surface area contributed by atoms with Crippen LogP contribution >= 0.6 is 24.0 Å². The molecular formula is C21H28IN5O3. The predicted octanol–water partition coefficient (Wildman–Crippen LogP) is 2.40. The molecule has 0 atom stereocenters. The van der Waals surface area contributed by atoms with Crippen LogP contribution in [0.5, 0.6) is 0 Å². The van der Waals surface area contributed by atoms with Crippen molar-refractivity contribution < 1.29 is 14.0 Å². The van der Waals surface area contributed by atoms with Crippen LogP contribution < -0.4 is 20.9 Å². The fraction of sp³-hybridized carbons (Fsp3) is 0.381. The van der Waals surface area contributed by atoms with Crippen LogP contribution in [0.3, 0.4) is 0 Å². The number of carbonyl (C=O) groups is 2. The molecule has 1 aliphatic heterocycles. The molecule has 2 aromatic rings. The van der Waals surface area contributed by atoms with E-state index in [0.29, 0.717) is 37.8 Å². The lowest BCUT2D eigenvalue weighted by atomic mass is 10.2. The third-order valence-electron chi connectivity index (χ3n) is 4.54. The van der Waals surface area contributed by atoms with Crippen molar-refractivity contribution in [1.29, 1.82) is 0 Å². The highest BCUT2D eigenvalue weighted by atomic mass is 127. The van der Waals surface area contributed by atoms with E-state index in [1.807, 2.05) is 42.2 Å². The number of hydrogen-bond acceptors (Lipinski definition) is 4. The van der Waals surface area contributed by atoms with Crippen LogP contribution in [0.2, 0.25) is 0 Å². The molecule has 162 valence electrons. The van der Waals surface area contributed by atoms with Gasteiger partial charge in [-0.05, 0) is 43.2 Å². The minimum Gasteiger partial charge on any atom is -0.467 e. The molecule has 9 heteroatoms. The number of anilines is 1. The summed E-state index contributed by atoms with van der Waals surface area (Å²) in [5, 5.41) is 8.94. The van der Waals surface area contributed by atoms with Crippen LogP contribution in [-0.4, -0.2) is 37.4 Å². The Morgan fingerprint density at radius 1 is 1.17 bits per heavy atom. The standard InChI is InChI=1S/C21H27N5O3.HI/c1-2-22-21(25-15-19(27)23-14-18-5-4-12-29-18)24-13-16-7-9-17(10-8-16)26-11-3-6-20(26)28;/h4-5,7-10,12H,2-3,6,11,13-15H2,1H3,(H,23,27)(H2,22,24,25);1H. The highest BCUT2D eigenvalue weighted by Crippen LogP contribution is 2.21. The highest BCUT2D eigenvalue weighted by Gasteiger charge is 2.21. The lowest BCUT2D eigenvalue weighted by Crippen LogP contribution is -2.43. The molecule has 0 radical (unpaired) electrons. The second-order valence-electron chi connectivity index (χ2n) is 6.72. The largest absolute Gasteiger partial charge is 0.467 e. The summed E-state index contributed by atoms with van der Waals surface area (Å²) < 4.78 is 5.19. The monoisotopic (exact) mass is 525 g/mol. The Balaban J connectivity index is 0.00000320. The average molecular weight is 525 g/mol. The Kier molecular flexibility index (Phi) is 9.65. The quantitative estimate of drug-likeness (QED) is 0.280. The van der Waals surface area contributed by atoms with E-state index in [-0.39, 0.29) is 42.3 Å². The molecule has 30 heavy (non-hydrogen) atoms. The van der Waals surface area contributed by atoms with Crippen molar-refractivity contribution in [2.45, 2.75) is 32.9 Å². The number of nitrogens with zero attached hydrogens (tertiary/aromatic N) is 2. The zero-order valence-corrected chi connectivity index (χ0v) is 19.3. The number of benzene rings is 1. The van der Waals surface area contributed by atoms with Gasteiger partial charge in [0.15, 0.2) is 5.96 Å². The van der Waals surface area contributed by atoms with E-state index in [1.54, 1.807) is 12.3 Å². The molecule has 2 heterocycles. The van der Waals surface area contributed by atoms with Gasteiger partial charge < -0.3 is 25.3 Å². The number of carbonyl (C=O) groups excluding carboxylic acids is 2. The molecule has 1 saturated heterocycles. The van der Waals surface area contributed by atoms with Gasteiger partial charge in [0.25, 0.3) is 0 Å². The molecule has 1 aliphatic rings. The van der Waals surface area contributed by atoms with Crippen LogP contribution in [0.25, 0.3) is 0 Å². The first-order valence-corrected chi connectivity index (χ1v) is 9.86. The number of hydrogen-bond donors (Lipinski definition) is 3. The van der Waals surface area contributed by atoms with Gasteiger partial charge >= 0.3 is 0 Å². The second-order valence-corrected chi connectivity index (χ2v) is 6.72. The molecule has 1 fully saturated rings. The fourth-order valence-corrected chi connectivity index (χ4v) is 3.04. The van der Waals surface area contributed by atoms with Gasteiger partial charge in [-0.3, -0.25) is 9.59 Å². The van der Waals surface area contributed by atoms with Gasteiger partial charge in [-0.2, -0.15) is 0 Å². The lowest BCUT2D eigenvalue weighted by Gasteiger charge is -2.16. The summed E-state index contributed by atoms with van der Waals surface area (Å²) in [6, 6.07) is 11.5. The van der Waals surface area contributed by atoms with Crippen LogP contribution in [0.1, 0.15) is 31.1 Å². The minimum atomic E-state index is -0.147. The topological polar surface area (TPSA) is 99.0 Å².